The highest BCUT2D eigenvalue weighted by Crippen LogP contribution is 2.28. The quantitative estimate of drug-likeness (QED) is 0.575. The fourth-order valence-electron chi connectivity index (χ4n) is 4.36. The van der Waals surface area contributed by atoms with Crippen molar-refractivity contribution in [2.45, 2.75) is 51.8 Å². The average Bonchev–Trinajstić information content (AvgIpc) is 3.23. The number of hydrogen-bond donors (Lipinski definition) is 1. The second-order valence-corrected chi connectivity index (χ2v) is 9.58. The van der Waals surface area contributed by atoms with Crippen molar-refractivity contribution in [2.24, 2.45) is 0 Å². The van der Waals surface area contributed by atoms with Crippen LogP contribution in [0.15, 0.2) is 67.0 Å². The first kappa shape index (κ1) is 23.5. The van der Waals surface area contributed by atoms with Crippen molar-refractivity contribution in [1.82, 2.24) is 9.88 Å². The van der Waals surface area contributed by atoms with Crippen LogP contribution in [0, 0.1) is 0 Å². The van der Waals surface area contributed by atoms with Gasteiger partial charge in [0, 0.05) is 48.3 Å². The van der Waals surface area contributed by atoms with Crippen LogP contribution in [0.2, 0.25) is 0 Å². The van der Waals surface area contributed by atoms with Gasteiger partial charge in [0.1, 0.15) is 11.6 Å². The summed E-state index contributed by atoms with van der Waals surface area (Å²) >= 11 is 0. The summed E-state index contributed by atoms with van der Waals surface area (Å²) in [5.41, 5.74) is 1.11. The van der Waals surface area contributed by atoms with Gasteiger partial charge in [-0.2, -0.15) is 0 Å². The highest BCUT2D eigenvalue weighted by Gasteiger charge is 2.43. The molecule has 178 valence electrons. The van der Waals surface area contributed by atoms with E-state index in [1.165, 1.54) is 0 Å². The second kappa shape index (κ2) is 9.71. The second-order valence-electron chi connectivity index (χ2n) is 9.58. The van der Waals surface area contributed by atoms with E-state index >= 15 is 0 Å². The van der Waals surface area contributed by atoms with Gasteiger partial charge >= 0.3 is 6.09 Å². The maximum atomic E-state index is 13.7. The van der Waals surface area contributed by atoms with E-state index in [1.54, 1.807) is 16.0 Å². The first-order chi connectivity index (χ1) is 16.2. The molecule has 0 aliphatic carbocycles. The summed E-state index contributed by atoms with van der Waals surface area (Å²) in [6.45, 7) is 8.33. The molecule has 2 atom stereocenters. The van der Waals surface area contributed by atoms with Gasteiger partial charge in [-0.25, -0.2) is 4.79 Å². The Morgan fingerprint density at radius 2 is 1.88 bits per heavy atom. The zero-order valence-corrected chi connectivity index (χ0v) is 20.2. The smallest absolute Gasteiger partial charge is 0.411 e. The van der Waals surface area contributed by atoms with Gasteiger partial charge in [0.15, 0.2) is 0 Å². The van der Waals surface area contributed by atoms with Gasteiger partial charge in [0.05, 0.1) is 0 Å². The summed E-state index contributed by atoms with van der Waals surface area (Å²) in [5.74, 6) is -0.103. The van der Waals surface area contributed by atoms with Crippen molar-refractivity contribution in [3.05, 3.63) is 67.0 Å². The molecule has 1 N–H and O–H groups in total. The van der Waals surface area contributed by atoms with Crippen LogP contribution in [0.1, 0.15) is 34.1 Å². The Kier molecular flexibility index (Phi) is 6.72. The maximum absolute atomic E-state index is 13.7. The van der Waals surface area contributed by atoms with Gasteiger partial charge < -0.3 is 15.0 Å². The van der Waals surface area contributed by atoms with E-state index in [4.69, 9.17) is 4.74 Å². The molecular formula is C27H32N4O3. The number of ether oxygens (including phenoxy) is 1. The van der Waals surface area contributed by atoms with Crippen molar-refractivity contribution in [1.29, 1.82) is 0 Å². The number of nitrogens with zero attached hydrogens (tertiary/aromatic N) is 3. The predicted octanol–water partition coefficient (Wildman–Crippen LogP) is 5.08. The summed E-state index contributed by atoms with van der Waals surface area (Å²) in [6, 6.07) is 16.9. The Balaban J connectivity index is 1.58. The zero-order chi connectivity index (χ0) is 24.3. The molecule has 1 saturated heterocycles. The Morgan fingerprint density at radius 1 is 1.12 bits per heavy atom. The molecule has 2 aromatic carbocycles. The summed E-state index contributed by atoms with van der Waals surface area (Å²) in [5, 5.41) is 5.66. The number of fused-ring (bicyclic) bond motifs is 1. The zero-order valence-electron chi connectivity index (χ0n) is 20.2. The Labute approximate surface area is 200 Å². The lowest BCUT2D eigenvalue weighted by Crippen LogP contribution is -2.49. The first-order valence-corrected chi connectivity index (χ1v) is 11.7. The lowest BCUT2D eigenvalue weighted by Gasteiger charge is -2.31. The van der Waals surface area contributed by atoms with E-state index in [1.807, 2.05) is 82.4 Å². The number of amides is 2. The molecule has 34 heavy (non-hydrogen) atoms. The third kappa shape index (κ3) is 5.30. The van der Waals surface area contributed by atoms with Gasteiger partial charge in [-0.1, -0.05) is 24.3 Å². The Bertz CT molecular complexity index is 1160. The van der Waals surface area contributed by atoms with E-state index < -0.39 is 17.7 Å². The minimum Gasteiger partial charge on any atom is -0.444 e. The van der Waals surface area contributed by atoms with Crippen LogP contribution < -0.4 is 10.2 Å². The number of likely N-dealkylation sites (N-methyl/N-ethyl adjacent to an activating group) is 1. The van der Waals surface area contributed by atoms with E-state index in [0.29, 0.717) is 19.5 Å². The van der Waals surface area contributed by atoms with Crippen LogP contribution in [0.25, 0.3) is 10.8 Å². The van der Waals surface area contributed by atoms with Crippen LogP contribution in [-0.2, 0) is 9.53 Å². The number of aromatic nitrogens is 1. The SMILES string of the molecule is CCN(C(=O)C1CC(Nc2ccc3cnccc3c2)CN1C(=O)OC(C)(C)C)c1ccccc1. The minimum absolute atomic E-state index is 0.0877. The first-order valence-electron chi connectivity index (χ1n) is 11.7. The molecule has 2 unspecified atom stereocenters. The highest BCUT2D eigenvalue weighted by atomic mass is 16.6. The maximum Gasteiger partial charge on any atom is 0.411 e. The fourth-order valence-corrected chi connectivity index (χ4v) is 4.36. The fraction of sp³-hybridized carbons (Fsp3) is 0.370. The molecule has 1 aromatic heterocycles. The van der Waals surface area contributed by atoms with Crippen molar-refractivity contribution in [2.75, 3.05) is 23.3 Å². The molecule has 0 spiro atoms. The number of hydrogen-bond acceptors (Lipinski definition) is 5. The molecule has 2 heterocycles. The van der Waals surface area contributed by atoms with Gasteiger partial charge in [0.25, 0.3) is 0 Å². The van der Waals surface area contributed by atoms with E-state index in [9.17, 15) is 9.59 Å². The van der Waals surface area contributed by atoms with Crippen LogP contribution >= 0.6 is 0 Å². The molecule has 0 saturated carbocycles. The molecule has 7 nitrogen and oxygen atoms in total. The van der Waals surface area contributed by atoms with Gasteiger partial charge in [-0.3, -0.25) is 14.7 Å². The molecule has 0 radical (unpaired) electrons. The van der Waals surface area contributed by atoms with Gasteiger partial charge in [-0.15, -0.1) is 0 Å². The molecule has 0 bridgehead atoms. The summed E-state index contributed by atoms with van der Waals surface area (Å²) < 4.78 is 5.66. The number of nitrogens with one attached hydrogen (secondary N) is 1. The van der Waals surface area contributed by atoms with Crippen molar-refractivity contribution in [3.8, 4) is 0 Å². The number of carbonyl (C=O) groups excluding carboxylic acids is 2. The third-order valence-electron chi connectivity index (χ3n) is 5.88. The van der Waals surface area contributed by atoms with Crippen molar-refractivity contribution >= 4 is 34.1 Å². The lowest BCUT2D eigenvalue weighted by atomic mass is 10.1. The van der Waals surface area contributed by atoms with Crippen molar-refractivity contribution < 1.29 is 14.3 Å². The highest BCUT2D eigenvalue weighted by molar-refractivity contribution is 5.99. The largest absolute Gasteiger partial charge is 0.444 e. The summed E-state index contributed by atoms with van der Waals surface area (Å²) in [4.78, 5) is 34.2. The normalized spacial score (nSPS) is 18.1. The summed E-state index contributed by atoms with van der Waals surface area (Å²) in [7, 11) is 0. The minimum atomic E-state index is -0.646. The molecule has 4 rings (SSSR count). The van der Waals surface area contributed by atoms with Crippen LogP contribution in [-0.4, -0.2) is 52.7 Å². The number of para-hydroxylation sites is 1. The van der Waals surface area contributed by atoms with Gasteiger partial charge in [-0.05, 0) is 69.8 Å². The van der Waals surface area contributed by atoms with E-state index in [-0.39, 0.29) is 11.9 Å². The molecule has 1 aliphatic rings. The average molecular weight is 461 g/mol. The third-order valence-corrected chi connectivity index (χ3v) is 5.88. The molecule has 7 heteroatoms. The summed E-state index contributed by atoms with van der Waals surface area (Å²) in [6.07, 6.45) is 3.62. The molecule has 3 aromatic rings. The van der Waals surface area contributed by atoms with Crippen LogP contribution in [0.3, 0.4) is 0 Å². The Morgan fingerprint density at radius 3 is 2.59 bits per heavy atom. The molecular weight excluding hydrogens is 428 g/mol. The molecule has 2 amide bonds. The number of likely N-dealkylation sites (tertiary alicyclic amines) is 1. The number of carbonyl (C=O) groups is 2. The van der Waals surface area contributed by atoms with Crippen molar-refractivity contribution in [3.63, 3.8) is 0 Å². The van der Waals surface area contributed by atoms with Crippen LogP contribution in [0.5, 0.6) is 0 Å². The number of benzene rings is 2. The van der Waals surface area contributed by atoms with Gasteiger partial charge in [0.2, 0.25) is 5.91 Å². The number of pyridine rings is 1. The Hall–Kier alpha value is -3.61. The lowest BCUT2D eigenvalue weighted by molar-refractivity contribution is -0.122. The number of rotatable bonds is 5. The standard InChI is InChI=1S/C27H32N4O3/c1-5-30(23-9-7-6-8-10-23)25(32)24-16-22(18-31(24)26(33)34-27(2,3)4)29-21-12-11-20-17-28-14-13-19(20)15-21/h6-15,17,22,24,29H,5,16,18H2,1-4H3. The molecule has 1 aliphatic heterocycles. The molecule has 1 fully saturated rings. The van der Waals surface area contributed by atoms with E-state index in [0.717, 1.165) is 22.1 Å². The predicted molar refractivity (Wildman–Crippen MR) is 135 cm³/mol. The van der Waals surface area contributed by atoms with Crippen LogP contribution in [0.4, 0.5) is 16.2 Å². The number of anilines is 2. The van der Waals surface area contributed by atoms with E-state index in [2.05, 4.69) is 16.4 Å². The topological polar surface area (TPSA) is 74.8 Å². The monoisotopic (exact) mass is 460 g/mol.